The molecule has 3 aromatic carbocycles. The molecule has 0 spiro atoms. The minimum absolute atomic E-state index is 0.239. The van der Waals surface area contributed by atoms with Crippen LogP contribution in [0, 0.1) is 11.3 Å². The molecule has 7 heteroatoms. The Labute approximate surface area is 228 Å². The number of rotatable bonds is 12. The Bertz CT molecular complexity index is 1370. The molecule has 0 amide bonds. The SMILES string of the molecule is N#Cc1ccn(C2OC(COCc3ccccc3)C(OCc3ccccc3)C2OCc2ccccc2)c1C=O. The third-order valence-corrected chi connectivity index (χ3v) is 6.71. The van der Waals surface area contributed by atoms with E-state index in [4.69, 9.17) is 18.9 Å². The second kappa shape index (κ2) is 13.1. The predicted octanol–water partition coefficient (Wildman–Crippen LogP) is 5.46. The summed E-state index contributed by atoms with van der Waals surface area (Å²) in [6.07, 6.45) is 0.125. The fourth-order valence-corrected chi connectivity index (χ4v) is 4.75. The van der Waals surface area contributed by atoms with Gasteiger partial charge in [0.25, 0.3) is 0 Å². The molecule has 0 radical (unpaired) electrons. The van der Waals surface area contributed by atoms with Gasteiger partial charge in [0.1, 0.15) is 30.1 Å². The maximum absolute atomic E-state index is 12.0. The minimum Gasteiger partial charge on any atom is -0.374 e. The Morgan fingerprint density at radius 2 is 1.31 bits per heavy atom. The molecule has 1 fully saturated rings. The van der Waals surface area contributed by atoms with Crippen LogP contribution in [0.25, 0.3) is 0 Å². The largest absolute Gasteiger partial charge is 0.374 e. The standard InChI is InChI=1S/C32H30N2O5/c33-18-27-16-17-34(28(27)19-35)32-31(38-22-26-14-8-3-9-15-26)30(37-21-25-12-6-2-7-13-25)29(39-32)23-36-20-24-10-4-1-5-11-24/h1-17,19,29-32H,20-23H2. The molecule has 2 heterocycles. The summed E-state index contributed by atoms with van der Waals surface area (Å²) in [6.45, 7) is 1.38. The van der Waals surface area contributed by atoms with Crippen LogP contribution >= 0.6 is 0 Å². The minimum atomic E-state index is -0.692. The third-order valence-electron chi connectivity index (χ3n) is 6.71. The van der Waals surface area contributed by atoms with Gasteiger partial charge in [-0.25, -0.2) is 0 Å². The van der Waals surface area contributed by atoms with Crippen molar-refractivity contribution < 1.29 is 23.7 Å². The van der Waals surface area contributed by atoms with Crippen molar-refractivity contribution in [1.82, 2.24) is 4.57 Å². The van der Waals surface area contributed by atoms with E-state index in [0.717, 1.165) is 16.7 Å². The summed E-state index contributed by atoms with van der Waals surface area (Å²) >= 11 is 0. The Hall–Kier alpha value is -4.06. The van der Waals surface area contributed by atoms with Crippen molar-refractivity contribution in [2.75, 3.05) is 6.61 Å². The van der Waals surface area contributed by atoms with Crippen molar-refractivity contribution in [3.63, 3.8) is 0 Å². The molecule has 4 unspecified atom stereocenters. The highest BCUT2D eigenvalue weighted by Crippen LogP contribution is 2.36. The van der Waals surface area contributed by atoms with Crippen LogP contribution in [0.2, 0.25) is 0 Å². The topological polar surface area (TPSA) is 82.7 Å². The molecule has 1 aliphatic heterocycles. The van der Waals surface area contributed by atoms with Gasteiger partial charge in [-0.1, -0.05) is 91.0 Å². The molecule has 198 valence electrons. The molecule has 1 aliphatic rings. The van der Waals surface area contributed by atoms with Crippen LogP contribution in [0.4, 0.5) is 0 Å². The van der Waals surface area contributed by atoms with Crippen LogP contribution in [0.15, 0.2) is 103 Å². The smallest absolute Gasteiger partial charge is 0.167 e. The van der Waals surface area contributed by atoms with E-state index in [0.29, 0.717) is 26.1 Å². The molecule has 1 aromatic heterocycles. The first-order chi connectivity index (χ1) is 19.3. The van der Waals surface area contributed by atoms with Crippen LogP contribution in [-0.4, -0.2) is 35.8 Å². The van der Waals surface area contributed by atoms with E-state index in [-0.39, 0.29) is 17.9 Å². The van der Waals surface area contributed by atoms with Gasteiger partial charge in [0.15, 0.2) is 12.5 Å². The number of ether oxygens (including phenoxy) is 4. The molecule has 1 saturated heterocycles. The fraction of sp³-hybridized carbons (Fsp3) is 0.250. The van der Waals surface area contributed by atoms with E-state index >= 15 is 0 Å². The Balaban J connectivity index is 1.42. The first-order valence-electron chi connectivity index (χ1n) is 12.9. The lowest BCUT2D eigenvalue weighted by Gasteiger charge is -2.26. The van der Waals surface area contributed by atoms with Crippen molar-refractivity contribution in [3.05, 3.63) is 131 Å². The number of nitriles is 1. The van der Waals surface area contributed by atoms with Crippen LogP contribution in [0.5, 0.6) is 0 Å². The maximum atomic E-state index is 12.0. The average Bonchev–Trinajstić information content (AvgIpc) is 3.57. The number of nitrogens with zero attached hydrogens (tertiary/aromatic N) is 2. The summed E-state index contributed by atoms with van der Waals surface area (Å²) in [5, 5.41) is 9.52. The van der Waals surface area contributed by atoms with Crippen LogP contribution in [0.3, 0.4) is 0 Å². The lowest BCUT2D eigenvalue weighted by atomic mass is 10.1. The predicted molar refractivity (Wildman–Crippen MR) is 145 cm³/mol. The summed E-state index contributed by atoms with van der Waals surface area (Å²) in [5.41, 5.74) is 3.60. The van der Waals surface area contributed by atoms with Crippen molar-refractivity contribution in [1.29, 1.82) is 5.26 Å². The van der Waals surface area contributed by atoms with Crippen LogP contribution in [-0.2, 0) is 38.8 Å². The number of carbonyl (C=O) groups is 1. The van der Waals surface area contributed by atoms with Gasteiger partial charge in [-0.3, -0.25) is 4.79 Å². The quantitative estimate of drug-likeness (QED) is 0.230. The van der Waals surface area contributed by atoms with Gasteiger partial charge in [-0.15, -0.1) is 0 Å². The number of benzene rings is 3. The zero-order valence-corrected chi connectivity index (χ0v) is 21.5. The van der Waals surface area contributed by atoms with Gasteiger partial charge >= 0.3 is 0 Å². The number of hydrogen-bond donors (Lipinski definition) is 0. The molecule has 0 N–H and O–H groups in total. The lowest BCUT2D eigenvalue weighted by molar-refractivity contribution is -0.0917. The van der Waals surface area contributed by atoms with E-state index in [2.05, 4.69) is 6.07 Å². The summed E-state index contributed by atoms with van der Waals surface area (Å²) in [5.74, 6) is 0. The summed E-state index contributed by atoms with van der Waals surface area (Å²) in [6, 6.07) is 33.4. The van der Waals surface area contributed by atoms with E-state index < -0.39 is 24.5 Å². The second-order valence-electron chi connectivity index (χ2n) is 9.34. The second-order valence-corrected chi connectivity index (χ2v) is 9.34. The zero-order chi connectivity index (χ0) is 26.9. The molecule has 0 aliphatic carbocycles. The van der Waals surface area contributed by atoms with Gasteiger partial charge in [-0.05, 0) is 22.8 Å². The Kier molecular flexibility index (Phi) is 8.94. The highest BCUT2D eigenvalue weighted by molar-refractivity contribution is 5.77. The molecule has 0 saturated carbocycles. The molecule has 7 nitrogen and oxygen atoms in total. The monoisotopic (exact) mass is 522 g/mol. The number of aldehydes is 1. The first kappa shape index (κ1) is 26.5. The van der Waals surface area contributed by atoms with Crippen LogP contribution < -0.4 is 0 Å². The van der Waals surface area contributed by atoms with Gasteiger partial charge in [0.05, 0.1) is 32.0 Å². The van der Waals surface area contributed by atoms with Gasteiger partial charge in [0.2, 0.25) is 0 Å². The number of aromatic nitrogens is 1. The normalized spacial score (nSPS) is 20.5. The van der Waals surface area contributed by atoms with Crippen molar-refractivity contribution >= 4 is 6.29 Å². The Morgan fingerprint density at radius 3 is 1.85 bits per heavy atom. The van der Waals surface area contributed by atoms with Gasteiger partial charge in [0, 0.05) is 6.20 Å². The van der Waals surface area contributed by atoms with E-state index in [1.165, 1.54) is 0 Å². The average molecular weight is 523 g/mol. The summed E-state index contributed by atoms with van der Waals surface area (Å²) in [7, 11) is 0. The van der Waals surface area contributed by atoms with Crippen LogP contribution in [0.1, 0.15) is 39.0 Å². The summed E-state index contributed by atoms with van der Waals surface area (Å²) in [4.78, 5) is 12.0. The fourth-order valence-electron chi connectivity index (χ4n) is 4.75. The van der Waals surface area contributed by atoms with Crippen molar-refractivity contribution in [3.8, 4) is 6.07 Å². The molecule has 4 atom stereocenters. The van der Waals surface area contributed by atoms with Crippen molar-refractivity contribution in [2.24, 2.45) is 0 Å². The zero-order valence-electron chi connectivity index (χ0n) is 21.5. The summed E-state index contributed by atoms with van der Waals surface area (Å²) < 4.78 is 27.2. The maximum Gasteiger partial charge on any atom is 0.167 e. The highest BCUT2D eigenvalue weighted by atomic mass is 16.6. The highest BCUT2D eigenvalue weighted by Gasteiger charge is 2.48. The molecule has 39 heavy (non-hydrogen) atoms. The van der Waals surface area contributed by atoms with E-state index in [1.807, 2.05) is 91.0 Å². The lowest BCUT2D eigenvalue weighted by Crippen LogP contribution is -2.38. The third kappa shape index (κ3) is 6.51. The molecule has 4 aromatic rings. The van der Waals surface area contributed by atoms with Crippen molar-refractivity contribution in [2.45, 2.75) is 44.4 Å². The van der Waals surface area contributed by atoms with Gasteiger partial charge < -0.3 is 23.5 Å². The molecule has 0 bridgehead atoms. The molecular formula is C32H30N2O5. The van der Waals surface area contributed by atoms with E-state index in [1.54, 1.807) is 16.8 Å². The molecular weight excluding hydrogens is 492 g/mol. The van der Waals surface area contributed by atoms with E-state index in [9.17, 15) is 10.1 Å². The Morgan fingerprint density at radius 1 is 0.769 bits per heavy atom. The number of hydrogen-bond acceptors (Lipinski definition) is 6. The molecule has 5 rings (SSSR count). The number of carbonyl (C=O) groups excluding carboxylic acids is 1. The van der Waals surface area contributed by atoms with Gasteiger partial charge in [-0.2, -0.15) is 5.26 Å². The first-order valence-corrected chi connectivity index (χ1v) is 12.9.